The van der Waals surface area contributed by atoms with Gasteiger partial charge in [-0.15, -0.1) is 0 Å². The van der Waals surface area contributed by atoms with Crippen LogP contribution in [-0.4, -0.2) is 23.9 Å². The highest BCUT2D eigenvalue weighted by Crippen LogP contribution is 2.29. The number of nitriles is 2. The van der Waals surface area contributed by atoms with Gasteiger partial charge < -0.3 is 14.6 Å². The number of anilines is 1. The standard InChI is InChI=1S/C29H31N4O5.C2H6/c1-20-27(37-19-23-8-6-7-22(13-23)15-31)26(18-34)24(17-33(20)36-5)16-32(28(35)38-29(2,3)4)25-11-9-21(14-30)10-12-25;1-2/h6-13,17,34H,16,18-19H2,1-5H3;1-2H3/q+1;. The Bertz CT molecular complexity index is 1380. The van der Waals surface area contributed by atoms with Crippen LogP contribution >= 0.6 is 0 Å². The molecular weight excluding hydrogens is 508 g/mol. The van der Waals surface area contributed by atoms with E-state index in [1.807, 2.05) is 19.9 Å². The number of benzene rings is 2. The Hall–Kier alpha value is -4.60. The Labute approximate surface area is 236 Å². The molecule has 1 aromatic heterocycles. The van der Waals surface area contributed by atoms with Crippen LogP contribution in [-0.2, 0) is 24.5 Å². The molecule has 3 rings (SSSR count). The lowest BCUT2D eigenvalue weighted by Gasteiger charge is -2.28. The monoisotopic (exact) mass is 545 g/mol. The maximum absolute atomic E-state index is 13.3. The molecule has 0 bridgehead atoms. The first-order chi connectivity index (χ1) is 19.1. The Morgan fingerprint density at radius 3 is 2.25 bits per heavy atom. The largest absolute Gasteiger partial charge is 0.482 e. The van der Waals surface area contributed by atoms with Crippen molar-refractivity contribution in [3.8, 4) is 17.9 Å². The minimum Gasteiger partial charge on any atom is -0.482 e. The number of hydrogen-bond acceptors (Lipinski definition) is 7. The summed E-state index contributed by atoms with van der Waals surface area (Å²) in [6.45, 7) is 10.9. The Morgan fingerprint density at radius 2 is 1.70 bits per heavy atom. The fourth-order valence-corrected chi connectivity index (χ4v) is 3.82. The lowest BCUT2D eigenvalue weighted by Crippen LogP contribution is -2.45. The molecule has 0 saturated carbocycles. The number of carbonyl (C=O) groups excluding carboxylic acids is 1. The molecule has 0 spiro atoms. The van der Waals surface area contributed by atoms with E-state index in [4.69, 9.17) is 14.3 Å². The molecule has 0 radical (unpaired) electrons. The molecule has 0 fully saturated rings. The zero-order valence-electron chi connectivity index (χ0n) is 24.2. The third-order valence-corrected chi connectivity index (χ3v) is 5.64. The van der Waals surface area contributed by atoms with Crippen molar-refractivity contribution in [2.24, 2.45) is 0 Å². The van der Waals surface area contributed by atoms with Gasteiger partial charge in [0.2, 0.25) is 6.20 Å². The van der Waals surface area contributed by atoms with Gasteiger partial charge in [-0.05, 0) is 62.7 Å². The normalized spacial score (nSPS) is 10.3. The van der Waals surface area contributed by atoms with Crippen molar-refractivity contribution in [3.63, 3.8) is 0 Å². The van der Waals surface area contributed by atoms with Crippen molar-refractivity contribution in [3.05, 3.63) is 88.2 Å². The molecule has 0 atom stereocenters. The average Bonchev–Trinajstić information content (AvgIpc) is 2.95. The third-order valence-electron chi connectivity index (χ3n) is 5.64. The molecule has 0 aliphatic rings. The quantitative estimate of drug-likeness (QED) is 0.390. The van der Waals surface area contributed by atoms with Gasteiger partial charge in [-0.3, -0.25) is 9.74 Å². The lowest BCUT2D eigenvalue weighted by atomic mass is 10.1. The van der Waals surface area contributed by atoms with Crippen LogP contribution in [0.2, 0.25) is 0 Å². The third kappa shape index (κ3) is 8.20. The summed E-state index contributed by atoms with van der Waals surface area (Å²) in [5.74, 6) is 0.401. The van der Waals surface area contributed by atoms with Crippen LogP contribution in [0.4, 0.5) is 10.5 Å². The highest BCUT2D eigenvalue weighted by Gasteiger charge is 2.29. The predicted molar refractivity (Wildman–Crippen MR) is 150 cm³/mol. The van der Waals surface area contributed by atoms with E-state index in [0.717, 1.165) is 5.56 Å². The van der Waals surface area contributed by atoms with Crippen molar-refractivity contribution in [1.82, 2.24) is 0 Å². The van der Waals surface area contributed by atoms with Crippen LogP contribution in [0.1, 0.15) is 68.1 Å². The van der Waals surface area contributed by atoms with Crippen molar-refractivity contribution < 1.29 is 28.9 Å². The SMILES string of the molecule is CC.CO[n+]1cc(CN(C(=O)OC(C)(C)C)c2ccc(C#N)cc2)c(CO)c(OCc2cccc(C#N)c2)c1C. The van der Waals surface area contributed by atoms with Gasteiger partial charge in [-0.1, -0.05) is 26.0 Å². The van der Waals surface area contributed by atoms with Crippen LogP contribution in [0.5, 0.6) is 5.75 Å². The molecule has 0 saturated heterocycles. The number of aliphatic hydroxyl groups is 1. The number of amides is 1. The van der Waals surface area contributed by atoms with E-state index < -0.39 is 11.7 Å². The summed E-state index contributed by atoms with van der Waals surface area (Å²) in [7, 11) is 1.50. The molecule has 1 heterocycles. The molecule has 3 aromatic rings. The summed E-state index contributed by atoms with van der Waals surface area (Å²) >= 11 is 0. The van der Waals surface area contributed by atoms with E-state index in [0.29, 0.717) is 39.4 Å². The smallest absolute Gasteiger partial charge is 0.415 e. The minimum absolute atomic E-state index is 0.0284. The molecular formula is C31H37N4O5+. The Kier molecular flexibility index (Phi) is 11.5. The molecule has 9 nitrogen and oxygen atoms in total. The fourth-order valence-electron chi connectivity index (χ4n) is 3.82. The van der Waals surface area contributed by atoms with Gasteiger partial charge in [0.05, 0.1) is 42.0 Å². The summed E-state index contributed by atoms with van der Waals surface area (Å²) in [6, 6.07) is 17.8. The van der Waals surface area contributed by atoms with Crippen LogP contribution in [0, 0.1) is 29.6 Å². The number of rotatable bonds is 8. The van der Waals surface area contributed by atoms with Crippen molar-refractivity contribution in [1.29, 1.82) is 10.5 Å². The van der Waals surface area contributed by atoms with Gasteiger partial charge in [-0.25, -0.2) is 4.79 Å². The van der Waals surface area contributed by atoms with E-state index in [9.17, 15) is 20.4 Å². The van der Waals surface area contributed by atoms with Gasteiger partial charge in [0.1, 0.15) is 19.3 Å². The number of pyridine rings is 1. The van der Waals surface area contributed by atoms with Gasteiger partial charge in [0.25, 0.3) is 5.69 Å². The van der Waals surface area contributed by atoms with E-state index in [-0.39, 0.29) is 19.8 Å². The van der Waals surface area contributed by atoms with Crippen LogP contribution in [0.15, 0.2) is 54.7 Å². The molecule has 0 aliphatic heterocycles. The number of aromatic nitrogens is 1. The lowest BCUT2D eigenvalue weighted by molar-refractivity contribution is -0.890. The molecule has 0 aliphatic carbocycles. The molecule has 1 N–H and O–H groups in total. The second kappa shape index (κ2) is 14.5. The second-order valence-electron chi connectivity index (χ2n) is 9.54. The van der Waals surface area contributed by atoms with Crippen molar-refractivity contribution in [2.45, 2.75) is 66.9 Å². The number of nitrogens with zero attached hydrogens (tertiary/aromatic N) is 4. The van der Waals surface area contributed by atoms with Gasteiger partial charge >= 0.3 is 6.09 Å². The molecule has 0 unspecified atom stereocenters. The van der Waals surface area contributed by atoms with Crippen molar-refractivity contribution in [2.75, 3.05) is 12.0 Å². The molecule has 2 aromatic carbocycles. The fraction of sp³-hybridized carbons (Fsp3) is 0.355. The van der Waals surface area contributed by atoms with E-state index in [1.54, 1.807) is 76.4 Å². The molecule has 210 valence electrons. The zero-order valence-corrected chi connectivity index (χ0v) is 24.2. The number of ether oxygens (including phenoxy) is 2. The second-order valence-corrected chi connectivity index (χ2v) is 9.54. The molecule has 1 amide bonds. The highest BCUT2D eigenvalue weighted by molar-refractivity contribution is 5.88. The van der Waals surface area contributed by atoms with Crippen LogP contribution in [0.25, 0.3) is 0 Å². The predicted octanol–water partition coefficient (Wildman–Crippen LogP) is 5.12. The Morgan fingerprint density at radius 1 is 1.05 bits per heavy atom. The van der Waals surface area contributed by atoms with Gasteiger partial charge in [-0.2, -0.15) is 10.5 Å². The summed E-state index contributed by atoms with van der Waals surface area (Å²) in [5.41, 5.74) is 3.19. The maximum Gasteiger partial charge on any atom is 0.415 e. The van der Waals surface area contributed by atoms with Gasteiger partial charge in [0, 0.05) is 22.9 Å². The number of hydrogen-bond donors (Lipinski definition) is 1. The van der Waals surface area contributed by atoms with E-state index in [1.165, 1.54) is 16.7 Å². The topological polar surface area (TPSA) is 120 Å². The molecule has 40 heavy (non-hydrogen) atoms. The number of carbonyl (C=O) groups is 1. The zero-order chi connectivity index (χ0) is 29.9. The summed E-state index contributed by atoms with van der Waals surface area (Å²) in [4.78, 5) is 20.2. The Balaban J connectivity index is 0.00000274. The summed E-state index contributed by atoms with van der Waals surface area (Å²) in [5, 5.41) is 28.8. The number of aliphatic hydroxyl groups excluding tert-OH is 1. The van der Waals surface area contributed by atoms with E-state index >= 15 is 0 Å². The summed E-state index contributed by atoms with van der Waals surface area (Å²) < 4.78 is 13.3. The maximum atomic E-state index is 13.3. The first-order valence-corrected chi connectivity index (χ1v) is 12.9. The minimum atomic E-state index is -0.742. The van der Waals surface area contributed by atoms with E-state index in [2.05, 4.69) is 12.1 Å². The first-order valence-electron chi connectivity index (χ1n) is 12.9. The first kappa shape index (κ1) is 31.6. The average molecular weight is 546 g/mol. The van der Waals surface area contributed by atoms with Crippen molar-refractivity contribution >= 4 is 11.8 Å². The van der Waals surface area contributed by atoms with Crippen LogP contribution < -0.4 is 19.2 Å². The highest BCUT2D eigenvalue weighted by atomic mass is 16.6. The summed E-state index contributed by atoms with van der Waals surface area (Å²) in [6.07, 6.45) is 1.09. The molecule has 9 heteroatoms. The van der Waals surface area contributed by atoms with Crippen LogP contribution in [0.3, 0.4) is 0 Å². The van der Waals surface area contributed by atoms with Gasteiger partial charge in [0.15, 0.2) is 5.75 Å².